The van der Waals surface area contributed by atoms with Crippen molar-refractivity contribution in [3.8, 4) is 0 Å². The van der Waals surface area contributed by atoms with E-state index in [-0.39, 0.29) is 12.4 Å². The van der Waals surface area contributed by atoms with Gasteiger partial charge in [-0.3, -0.25) is 0 Å². The highest BCUT2D eigenvalue weighted by molar-refractivity contribution is 4.86. The van der Waals surface area contributed by atoms with Gasteiger partial charge in [0, 0.05) is 12.4 Å². The second kappa shape index (κ2) is 4.18. The number of nitrogens with zero attached hydrogens (tertiary/aromatic N) is 2. The van der Waals surface area contributed by atoms with E-state index in [1.54, 1.807) is 6.07 Å². The van der Waals surface area contributed by atoms with E-state index in [9.17, 15) is 13.2 Å². The smallest absolute Gasteiger partial charge is 0.364 e. The highest BCUT2D eigenvalue weighted by atomic mass is 19.4. The molecule has 0 aliphatic heterocycles. The van der Waals surface area contributed by atoms with Crippen molar-refractivity contribution in [1.82, 2.24) is 9.97 Å². The van der Waals surface area contributed by atoms with E-state index in [2.05, 4.69) is 14.7 Å². The predicted octanol–water partition coefficient (Wildman–Crippen LogP) is 1.56. The zero-order valence-electron chi connectivity index (χ0n) is 6.58. The molecule has 0 atom stereocenters. The maximum absolute atomic E-state index is 11.6. The number of alkyl halides is 3. The van der Waals surface area contributed by atoms with Gasteiger partial charge in [-0.15, -0.1) is 0 Å². The van der Waals surface area contributed by atoms with Crippen molar-refractivity contribution in [2.45, 2.75) is 12.8 Å². The third-order valence-corrected chi connectivity index (χ3v) is 1.12. The molecule has 0 unspecified atom stereocenters. The van der Waals surface area contributed by atoms with Crippen LogP contribution in [0.2, 0.25) is 0 Å². The standard InChI is InChI=1S/C7H7F3N2O/c8-7(9,10)5-13-4-6-11-2-1-3-12-6/h1-3H,4-5H2. The van der Waals surface area contributed by atoms with Crippen LogP contribution in [-0.2, 0) is 11.3 Å². The van der Waals surface area contributed by atoms with Gasteiger partial charge in [0.1, 0.15) is 13.2 Å². The lowest BCUT2D eigenvalue weighted by molar-refractivity contribution is -0.177. The summed E-state index contributed by atoms with van der Waals surface area (Å²) < 4.78 is 39.1. The summed E-state index contributed by atoms with van der Waals surface area (Å²) in [4.78, 5) is 7.39. The van der Waals surface area contributed by atoms with E-state index in [0.717, 1.165) is 0 Å². The molecule has 13 heavy (non-hydrogen) atoms. The monoisotopic (exact) mass is 192 g/mol. The van der Waals surface area contributed by atoms with Crippen LogP contribution in [0.25, 0.3) is 0 Å². The second-order valence-corrected chi connectivity index (χ2v) is 2.27. The molecule has 0 bridgehead atoms. The van der Waals surface area contributed by atoms with Crippen LogP contribution in [0.15, 0.2) is 18.5 Å². The topological polar surface area (TPSA) is 35.0 Å². The van der Waals surface area contributed by atoms with E-state index >= 15 is 0 Å². The van der Waals surface area contributed by atoms with Gasteiger partial charge in [-0.05, 0) is 6.07 Å². The Morgan fingerprint density at radius 2 is 1.85 bits per heavy atom. The maximum Gasteiger partial charge on any atom is 0.411 e. The molecule has 0 aromatic carbocycles. The molecule has 1 rings (SSSR count). The zero-order chi connectivity index (χ0) is 9.73. The summed E-state index contributed by atoms with van der Waals surface area (Å²) in [5.74, 6) is 0.242. The Morgan fingerprint density at radius 1 is 1.23 bits per heavy atom. The van der Waals surface area contributed by atoms with Gasteiger partial charge >= 0.3 is 6.18 Å². The summed E-state index contributed by atoms with van der Waals surface area (Å²) in [6.07, 6.45) is -1.41. The summed E-state index contributed by atoms with van der Waals surface area (Å²) in [6.45, 7) is -1.49. The van der Waals surface area contributed by atoms with Crippen LogP contribution in [0.1, 0.15) is 5.82 Å². The van der Waals surface area contributed by atoms with Crippen molar-refractivity contribution < 1.29 is 17.9 Å². The molecule has 0 spiro atoms. The molecule has 0 aliphatic carbocycles. The fourth-order valence-corrected chi connectivity index (χ4v) is 0.663. The fourth-order valence-electron chi connectivity index (χ4n) is 0.663. The normalized spacial score (nSPS) is 11.6. The summed E-state index contributed by atoms with van der Waals surface area (Å²) in [5.41, 5.74) is 0. The van der Waals surface area contributed by atoms with Gasteiger partial charge in [0.05, 0.1) is 0 Å². The minimum absolute atomic E-state index is 0.222. The van der Waals surface area contributed by atoms with E-state index in [1.807, 2.05) is 0 Å². The SMILES string of the molecule is FC(F)(F)COCc1ncccn1. The summed E-state index contributed by atoms with van der Waals surface area (Å²) in [7, 11) is 0. The van der Waals surface area contributed by atoms with Gasteiger partial charge in [-0.25, -0.2) is 9.97 Å². The Bertz CT molecular complexity index is 250. The predicted molar refractivity (Wildman–Crippen MR) is 37.7 cm³/mol. The lowest BCUT2D eigenvalue weighted by Crippen LogP contribution is -2.17. The average Bonchev–Trinajstić information content (AvgIpc) is 2.04. The van der Waals surface area contributed by atoms with Crippen LogP contribution < -0.4 is 0 Å². The molecule has 0 amide bonds. The van der Waals surface area contributed by atoms with Crippen LogP contribution in [0.5, 0.6) is 0 Å². The first-order valence-corrected chi connectivity index (χ1v) is 3.48. The Morgan fingerprint density at radius 3 is 2.38 bits per heavy atom. The molecule has 0 saturated heterocycles. The zero-order valence-corrected chi connectivity index (χ0v) is 6.58. The largest absolute Gasteiger partial charge is 0.411 e. The molecule has 1 heterocycles. The van der Waals surface area contributed by atoms with Crippen molar-refractivity contribution in [3.05, 3.63) is 24.3 Å². The molecule has 6 heteroatoms. The summed E-state index contributed by atoms with van der Waals surface area (Å²) in [5, 5.41) is 0. The van der Waals surface area contributed by atoms with E-state index in [1.165, 1.54) is 12.4 Å². The Balaban J connectivity index is 2.29. The van der Waals surface area contributed by atoms with Gasteiger partial charge in [-0.1, -0.05) is 0 Å². The third-order valence-electron chi connectivity index (χ3n) is 1.12. The molecule has 3 nitrogen and oxygen atoms in total. The molecule has 72 valence electrons. The second-order valence-electron chi connectivity index (χ2n) is 2.27. The Kier molecular flexibility index (Phi) is 3.18. The first-order valence-electron chi connectivity index (χ1n) is 3.48. The molecule has 0 radical (unpaired) electrons. The number of rotatable bonds is 3. The van der Waals surface area contributed by atoms with Crippen LogP contribution in [0, 0.1) is 0 Å². The molecule has 1 aromatic heterocycles. The van der Waals surface area contributed by atoms with Gasteiger partial charge < -0.3 is 4.74 Å². The molecular weight excluding hydrogens is 185 g/mol. The number of hydrogen-bond donors (Lipinski definition) is 0. The van der Waals surface area contributed by atoms with Gasteiger partial charge in [-0.2, -0.15) is 13.2 Å². The lowest BCUT2D eigenvalue weighted by Gasteiger charge is -2.05. The van der Waals surface area contributed by atoms with Gasteiger partial charge in [0.25, 0.3) is 0 Å². The Hall–Kier alpha value is -1.17. The molecule has 1 aromatic rings. The quantitative estimate of drug-likeness (QED) is 0.728. The average molecular weight is 192 g/mol. The molecular formula is C7H7F3N2O. The van der Waals surface area contributed by atoms with Crippen molar-refractivity contribution in [1.29, 1.82) is 0 Å². The number of hydrogen-bond acceptors (Lipinski definition) is 3. The third kappa shape index (κ3) is 4.41. The fraction of sp³-hybridized carbons (Fsp3) is 0.429. The summed E-state index contributed by atoms with van der Waals surface area (Å²) in [6, 6.07) is 1.58. The van der Waals surface area contributed by atoms with Crippen LogP contribution in [0.4, 0.5) is 13.2 Å². The van der Waals surface area contributed by atoms with E-state index in [4.69, 9.17) is 0 Å². The van der Waals surface area contributed by atoms with Crippen molar-refractivity contribution >= 4 is 0 Å². The van der Waals surface area contributed by atoms with Gasteiger partial charge in [0.15, 0.2) is 5.82 Å². The molecule has 0 N–H and O–H groups in total. The van der Waals surface area contributed by atoms with Crippen LogP contribution in [0.3, 0.4) is 0 Å². The highest BCUT2D eigenvalue weighted by Crippen LogP contribution is 2.14. The minimum Gasteiger partial charge on any atom is -0.364 e. The van der Waals surface area contributed by atoms with Crippen molar-refractivity contribution in [2.24, 2.45) is 0 Å². The lowest BCUT2D eigenvalue weighted by atomic mass is 10.6. The summed E-state index contributed by atoms with van der Waals surface area (Å²) >= 11 is 0. The van der Waals surface area contributed by atoms with Gasteiger partial charge in [0.2, 0.25) is 0 Å². The molecule has 0 saturated carbocycles. The van der Waals surface area contributed by atoms with Crippen LogP contribution >= 0.6 is 0 Å². The first kappa shape index (κ1) is 9.91. The Labute approximate surface area is 72.6 Å². The number of aromatic nitrogens is 2. The van der Waals surface area contributed by atoms with E-state index < -0.39 is 12.8 Å². The molecule has 0 aliphatic rings. The van der Waals surface area contributed by atoms with Crippen molar-refractivity contribution in [3.63, 3.8) is 0 Å². The first-order chi connectivity index (χ1) is 6.08. The maximum atomic E-state index is 11.6. The molecule has 0 fully saturated rings. The van der Waals surface area contributed by atoms with Crippen LogP contribution in [-0.4, -0.2) is 22.8 Å². The van der Waals surface area contributed by atoms with E-state index in [0.29, 0.717) is 0 Å². The number of halogens is 3. The minimum atomic E-state index is -4.30. The highest BCUT2D eigenvalue weighted by Gasteiger charge is 2.27. The number of ether oxygens (including phenoxy) is 1. The van der Waals surface area contributed by atoms with Crippen molar-refractivity contribution in [2.75, 3.05) is 6.61 Å².